The Bertz CT molecular complexity index is 1180. The molecule has 0 unspecified atom stereocenters. The fraction of sp³-hybridized carbons (Fsp3) is 0.625. The van der Waals surface area contributed by atoms with Crippen LogP contribution in [0.4, 0.5) is 18.9 Å². The lowest BCUT2D eigenvalue weighted by Crippen LogP contribution is -2.49. The molecular formula is C24H24F3N3O2S. The molecule has 4 heterocycles. The number of nitrogens with zero attached hydrogens (tertiary/aromatic N) is 2. The van der Waals surface area contributed by atoms with Crippen LogP contribution < -0.4 is 5.32 Å². The van der Waals surface area contributed by atoms with Crippen molar-refractivity contribution in [3.63, 3.8) is 0 Å². The Kier molecular flexibility index (Phi) is 3.98. The first kappa shape index (κ1) is 20.2. The van der Waals surface area contributed by atoms with Crippen LogP contribution in [0.5, 0.6) is 0 Å². The van der Waals surface area contributed by atoms with Crippen molar-refractivity contribution in [2.45, 2.75) is 69.0 Å². The van der Waals surface area contributed by atoms with Crippen molar-refractivity contribution in [2.75, 3.05) is 11.9 Å². The summed E-state index contributed by atoms with van der Waals surface area (Å²) in [6.45, 7) is 0.447. The normalized spacial score (nSPS) is 35.1. The Hall–Kier alpha value is -2.16. The van der Waals surface area contributed by atoms with E-state index in [2.05, 4.69) is 5.32 Å². The SMILES string of the molecule is O=C1Nc2c(sc3nc(C45CC6CC(CC(C6)C4)C5)cc(C(F)(F)F)c23)C(=O)N2CCC[C@H]12. The predicted octanol–water partition coefficient (Wildman–Crippen LogP) is 5.34. The van der Waals surface area contributed by atoms with E-state index in [-0.39, 0.29) is 32.1 Å². The third-order valence-corrected chi connectivity index (χ3v) is 9.88. The van der Waals surface area contributed by atoms with Crippen LogP contribution in [-0.2, 0) is 16.4 Å². The highest BCUT2D eigenvalue weighted by Gasteiger charge is 2.53. The topological polar surface area (TPSA) is 62.3 Å². The van der Waals surface area contributed by atoms with Crippen molar-refractivity contribution in [3.8, 4) is 0 Å². The van der Waals surface area contributed by atoms with Gasteiger partial charge in [-0.05, 0) is 75.2 Å². The summed E-state index contributed by atoms with van der Waals surface area (Å²) in [6, 6.07) is 0.631. The number of carbonyl (C=O) groups is 2. The van der Waals surface area contributed by atoms with E-state index < -0.39 is 23.7 Å². The highest BCUT2D eigenvalue weighted by molar-refractivity contribution is 7.21. The molecule has 8 rings (SSSR count). The Morgan fingerprint density at radius 3 is 2.39 bits per heavy atom. The summed E-state index contributed by atoms with van der Waals surface area (Å²) in [5.74, 6) is 0.972. The first-order valence-electron chi connectivity index (χ1n) is 11.9. The van der Waals surface area contributed by atoms with Gasteiger partial charge in [0.1, 0.15) is 15.7 Å². The molecule has 0 radical (unpaired) electrons. The zero-order valence-corrected chi connectivity index (χ0v) is 18.8. The number of hydrogen-bond donors (Lipinski definition) is 1. The van der Waals surface area contributed by atoms with Gasteiger partial charge in [-0.3, -0.25) is 9.59 Å². The van der Waals surface area contributed by atoms with Crippen LogP contribution >= 0.6 is 11.3 Å². The smallest absolute Gasteiger partial charge is 0.326 e. The zero-order valence-electron chi connectivity index (χ0n) is 18.0. The quantitative estimate of drug-likeness (QED) is 0.606. The fourth-order valence-corrected chi connectivity index (χ4v) is 9.02. The van der Waals surface area contributed by atoms with Gasteiger partial charge in [0, 0.05) is 23.0 Å². The van der Waals surface area contributed by atoms with Gasteiger partial charge in [-0.25, -0.2) is 4.98 Å². The Balaban J connectivity index is 1.44. The number of fused-ring (bicyclic) bond motifs is 4. The highest BCUT2D eigenvalue weighted by atomic mass is 32.1. The van der Waals surface area contributed by atoms with Gasteiger partial charge in [0.2, 0.25) is 5.91 Å². The number of nitrogens with one attached hydrogen (secondary N) is 1. The maximum Gasteiger partial charge on any atom is 0.417 e. The van der Waals surface area contributed by atoms with E-state index >= 15 is 0 Å². The molecule has 6 aliphatic rings. The lowest BCUT2D eigenvalue weighted by atomic mass is 9.48. The second-order valence-electron chi connectivity index (χ2n) is 10.9. The average Bonchev–Trinajstić information content (AvgIpc) is 3.34. The largest absolute Gasteiger partial charge is 0.417 e. The number of pyridine rings is 1. The van der Waals surface area contributed by atoms with Gasteiger partial charge >= 0.3 is 6.18 Å². The van der Waals surface area contributed by atoms with Gasteiger partial charge in [0.15, 0.2) is 0 Å². The number of aromatic nitrogens is 1. The molecule has 5 fully saturated rings. The van der Waals surface area contributed by atoms with Crippen LogP contribution in [0.25, 0.3) is 10.2 Å². The molecule has 4 bridgehead atoms. The minimum Gasteiger partial charge on any atom is -0.326 e. The molecule has 1 atom stereocenters. The molecule has 0 spiro atoms. The molecule has 5 nitrogen and oxygen atoms in total. The third kappa shape index (κ3) is 2.80. The van der Waals surface area contributed by atoms with Crippen molar-refractivity contribution in [2.24, 2.45) is 17.8 Å². The van der Waals surface area contributed by atoms with E-state index in [0.717, 1.165) is 30.6 Å². The van der Waals surface area contributed by atoms with Crippen LogP contribution in [-0.4, -0.2) is 34.3 Å². The van der Waals surface area contributed by atoms with Crippen molar-refractivity contribution in [1.29, 1.82) is 0 Å². The Morgan fingerprint density at radius 2 is 1.76 bits per heavy atom. The molecule has 174 valence electrons. The van der Waals surface area contributed by atoms with E-state index in [0.29, 0.717) is 42.8 Å². The summed E-state index contributed by atoms with van der Waals surface area (Å²) in [7, 11) is 0. The molecule has 1 N–H and O–H groups in total. The van der Waals surface area contributed by atoms with Crippen LogP contribution in [0.1, 0.15) is 72.3 Å². The number of amides is 2. The summed E-state index contributed by atoms with van der Waals surface area (Å²) in [4.78, 5) is 32.7. The lowest BCUT2D eigenvalue weighted by molar-refractivity contribution is -0.136. The van der Waals surface area contributed by atoms with Crippen molar-refractivity contribution in [1.82, 2.24) is 9.88 Å². The maximum atomic E-state index is 14.4. The molecule has 0 aromatic carbocycles. The standard InChI is InChI=1S/C24H24F3N3O2S/c25-24(26,27)14-7-16(23-8-11-4-12(9-23)6-13(5-11)10-23)28-21-17(14)18-19(33-21)22(32)30-3-1-2-15(30)20(31)29-18/h7,11-13,15H,1-6,8-10H2,(H,29,31)/t11?,12?,13?,15-,23?/m1/s1. The molecule has 2 aliphatic heterocycles. The summed E-state index contributed by atoms with van der Waals surface area (Å²) in [5, 5.41) is 2.56. The Morgan fingerprint density at radius 1 is 1.09 bits per heavy atom. The molecule has 2 amide bonds. The average molecular weight is 476 g/mol. The van der Waals surface area contributed by atoms with Crippen LogP contribution in [0, 0.1) is 17.8 Å². The van der Waals surface area contributed by atoms with E-state index in [9.17, 15) is 22.8 Å². The number of alkyl halides is 3. The number of hydrogen-bond acceptors (Lipinski definition) is 4. The minimum atomic E-state index is -4.61. The van der Waals surface area contributed by atoms with Gasteiger partial charge in [0.05, 0.1) is 11.3 Å². The lowest BCUT2D eigenvalue weighted by Gasteiger charge is -2.56. The first-order valence-corrected chi connectivity index (χ1v) is 12.7. The van der Waals surface area contributed by atoms with E-state index in [1.54, 1.807) is 0 Å². The van der Waals surface area contributed by atoms with Crippen LogP contribution in [0.3, 0.4) is 0 Å². The second-order valence-corrected chi connectivity index (χ2v) is 11.9. The molecule has 4 saturated carbocycles. The maximum absolute atomic E-state index is 14.4. The van der Waals surface area contributed by atoms with Gasteiger partial charge < -0.3 is 10.2 Å². The minimum absolute atomic E-state index is 0.00344. The third-order valence-electron chi connectivity index (χ3n) is 8.81. The highest BCUT2D eigenvalue weighted by Crippen LogP contribution is 2.61. The summed E-state index contributed by atoms with van der Waals surface area (Å²) >= 11 is 1.00. The van der Waals surface area contributed by atoms with Gasteiger partial charge in [-0.1, -0.05) is 0 Å². The zero-order chi connectivity index (χ0) is 22.7. The van der Waals surface area contributed by atoms with E-state index in [4.69, 9.17) is 4.98 Å². The molecular weight excluding hydrogens is 451 g/mol. The van der Waals surface area contributed by atoms with Gasteiger partial charge in [-0.15, -0.1) is 11.3 Å². The molecule has 4 aliphatic carbocycles. The number of thiophene rings is 1. The van der Waals surface area contributed by atoms with Crippen LogP contribution in [0.15, 0.2) is 6.07 Å². The monoisotopic (exact) mass is 475 g/mol. The Labute approximate surface area is 192 Å². The summed E-state index contributed by atoms with van der Waals surface area (Å²) in [6.07, 6.45) is 2.94. The summed E-state index contributed by atoms with van der Waals surface area (Å²) < 4.78 is 43.2. The second kappa shape index (κ2) is 6.49. The predicted molar refractivity (Wildman–Crippen MR) is 117 cm³/mol. The number of carbonyl (C=O) groups excluding carboxylic acids is 2. The van der Waals surface area contributed by atoms with Gasteiger partial charge in [0.25, 0.3) is 5.91 Å². The fourth-order valence-electron chi connectivity index (χ4n) is 7.91. The van der Waals surface area contributed by atoms with Crippen LogP contribution in [0.2, 0.25) is 0 Å². The molecule has 2 aromatic rings. The van der Waals surface area contributed by atoms with Crippen molar-refractivity contribution >= 4 is 39.1 Å². The van der Waals surface area contributed by atoms with Crippen molar-refractivity contribution < 1.29 is 22.8 Å². The molecule has 2 aromatic heterocycles. The number of rotatable bonds is 1. The molecule has 1 saturated heterocycles. The van der Waals surface area contributed by atoms with E-state index in [1.165, 1.54) is 30.2 Å². The van der Waals surface area contributed by atoms with E-state index in [1.807, 2.05) is 0 Å². The van der Waals surface area contributed by atoms with Crippen molar-refractivity contribution in [3.05, 3.63) is 22.2 Å². The number of halogens is 3. The summed E-state index contributed by atoms with van der Waals surface area (Å²) in [5.41, 5.74) is -0.532. The molecule has 33 heavy (non-hydrogen) atoms. The number of anilines is 1. The first-order chi connectivity index (χ1) is 15.7. The molecule has 9 heteroatoms. The van der Waals surface area contributed by atoms with Gasteiger partial charge in [-0.2, -0.15) is 13.2 Å².